The van der Waals surface area contributed by atoms with E-state index in [-0.39, 0.29) is 12.4 Å². The van der Waals surface area contributed by atoms with Gasteiger partial charge in [-0.05, 0) is 13.3 Å². The van der Waals surface area contributed by atoms with Crippen molar-refractivity contribution in [2.75, 3.05) is 0 Å². The first-order chi connectivity index (χ1) is 8.52. The Labute approximate surface area is 104 Å². The third-order valence-electron chi connectivity index (χ3n) is 2.15. The average Bonchev–Trinajstić information content (AvgIpc) is 2.72. The minimum Gasteiger partial charge on any atom is -0.480 e. The lowest BCUT2D eigenvalue weighted by Gasteiger charge is -2.13. The van der Waals surface area contributed by atoms with Gasteiger partial charge < -0.3 is 20.3 Å². The lowest BCUT2D eigenvalue weighted by atomic mass is 10.2. The van der Waals surface area contributed by atoms with E-state index in [1.807, 2.05) is 6.92 Å². The Morgan fingerprint density at radius 2 is 2.22 bits per heavy atom. The number of rotatable bonds is 6. The number of aryl methyl sites for hydroxylation is 1. The highest BCUT2D eigenvalue weighted by atomic mass is 16.5. The van der Waals surface area contributed by atoms with Gasteiger partial charge in [-0.15, -0.1) is 0 Å². The van der Waals surface area contributed by atoms with Gasteiger partial charge in [-0.3, -0.25) is 0 Å². The summed E-state index contributed by atoms with van der Waals surface area (Å²) < 4.78 is 4.79. The maximum Gasteiger partial charge on any atom is 0.326 e. The molecule has 0 unspecified atom stereocenters. The average molecular weight is 256 g/mol. The van der Waals surface area contributed by atoms with Gasteiger partial charge in [-0.25, -0.2) is 9.59 Å². The predicted molar refractivity (Wildman–Crippen MR) is 60.7 cm³/mol. The summed E-state index contributed by atoms with van der Waals surface area (Å²) in [5.74, 6) is -0.313. The summed E-state index contributed by atoms with van der Waals surface area (Å²) in [4.78, 5) is 26.2. The molecule has 0 aromatic carbocycles. The van der Waals surface area contributed by atoms with E-state index in [0.29, 0.717) is 18.7 Å². The standard InChI is InChI=1S/C10H16N4O4/c1-3-4-7(9(15)16)13-10(17)11-5-8-12-6(2)14-18-8/h7H,3-5H2,1-2H3,(H,15,16)(H2,11,13,17)/t7-/m0/s1. The molecule has 2 amide bonds. The number of carbonyl (C=O) groups excluding carboxylic acids is 1. The molecule has 0 fully saturated rings. The highest BCUT2D eigenvalue weighted by Gasteiger charge is 2.18. The van der Waals surface area contributed by atoms with Crippen LogP contribution in [0.3, 0.4) is 0 Å². The van der Waals surface area contributed by atoms with Crippen LogP contribution in [0.15, 0.2) is 4.52 Å². The summed E-state index contributed by atoms with van der Waals surface area (Å²) in [6.45, 7) is 3.57. The summed E-state index contributed by atoms with van der Waals surface area (Å²) >= 11 is 0. The van der Waals surface area contributed by atoms with Gasteiger partial charge in [0.25, 0.3) is 0 Å². The van der Waals surface area contributed by atoms with Gasteiger partial charge in [0, 0.05) is 0 Å². The number of carbonyl (C=O) groups is 2. The lowest BCUT2D eigenvalue weighted by molar-refractivity contribution is -0.139. The molecule has 0 aliphatic rings. The number of aromatic nitrogens is 2. The molecule has 1 atom stereocenters. The quantitative estimate of drug-likeness (QED) is 0.679. The van der Waals surface area contributed by atoms with Crippen molar-refractivity contribution in [3.8, 4) is 0 Å². The zero-order valence-electron chi connectivity index (χ0n) is 10.3. The van der Waals surface area contributed by atoms with E-state index >= 15 is 0 Å². The third-order valence-corrected chi connectivity index (χ3v) is 2.15. The van der Waals surface area contributed by atoms with Gasteiger partial charge in [-0.2, -0.15) is 4.98 Å². The molecule has 0 aliphatic heterocycles. The van der Waals surface area contributed by atoms with Crippen LogP contribution in [0.4, 0.5) is 4.79 Å². The van der Waals surface area contributed by atoms with E-state index in [1.54, 1.807) is 6.92 Å². The summed E-state index contributed by atoms with van der Waals surface area (Å²) in [5.41, 5.74) is 0. The van der Waals surface area contributed by atoms with Crippen LogP contribution in [0, 0.1) is 6.92 Å². The maximum absolute atomic E-state index is 11.4. The molecule has 1 rings (SSSR count). The van der Waals surface area contributed by atoms with Crippen LogP contribution in [0.25, 0.3) is 0 Å². The Hall–Kier alpha value is -2.12. The Bertz CT molecular complexity index is 418. The molecule has 0 radical (unpaired) electrons. The number of nitrogens with zero attached hydrogens (tertiary/aromatic N) is 2. The Morgan fingerprint density at radius 3 is 2.72 bits per heavy atom. The number of hydrogen-bond acceptors (Lipinski definition) is 5. The topological polar surface area (TPSA) is 117 Å². The van der Waals surface area contributed by atoms with Crippen LogP contribution >= 0.6 is 0 Å². The van der Waals surface area contributed by atoms with Gasteiger partial charge in [0.2, 0.25) is 5.89 Å². The van der Waals surface area contributed by atoms with Crippen LogP contribution in [0.2, 0.25) is 0 Å². The molecule has 8 heteroatoms. The largest absolute Gasteiger partial charge is 0.480 e. The second-order valence-corrected chi connectivity index (χ2v) is 3.74. The van der Waals surface area contributed by atoms with Gasteiger partial charge in [-0.1, -0.05) is 18.5 Å². The van der Waals surface area contributed by atoms with E-state index in [2.05, 4.69) is 20.8 Å². The highest BCUT2D eigenvalue weighted by molar-refractivity contribution is 5.82. The lowest BCUT2D eigenvalue weighted by Crippen LogP contribution is -2.45. The predicted octanol–water partition coefficient (Wildman–Crippen LogP) is 0.431. The molecule has 0 aliphatic carbocycles. The maximum atomic E-state index is 11.4. The van der Waals surface area contributed by atoms with Crippen LogP contribution < -0.4 is 10.6 Å². The van der Waals surface area contributed by atoms with Crippen molar-refractivity contribution in [2.24, 2.45) is 0 Å². The van der Waals surface area contributed by atoms with Gasteiger partial charge in [0.1, 0.15) is 6.04 Å². The van der Waals surface area contributed by atoms with Crippen molar-refractivity contribution in [3.05, 3.63) is 11.7 Å². The third kappa shape index (κ3) is 4.40. The number of nitrogens with one attached hydrogen (secondary N) is 2. The van der Waals surface area contributed by atoms with Crippen LogP contribution in [0.1, 0.15) is 31.5 Å². The van der Waals surface area contributed by atoms with Crippen LogP contribution in [-0.2, 0) is 11.3 Å². The summed E-state index contributed by atoms with van der Waals surface area (Å²) in [7, 11) is 0. The fourth-order valence-corrected chi connectivity index (χ4v) is 1.32. The summed E-state index contributed by atoms with van der Waals surface area (Å²) in [5, 5.41) is 17.2. The minimum atomic E-state index is -1.05. The molecule has 3 N–H and O–H groups in total. The van der Waals surface area contributed by atoms with Gasteiger partial charge >= 0.3 is 12.0 Å². The molecule has 18 heavy (non-hydrogen) atoms. The van der Waals surface area contributed by atoms with E-state index in [0.717, 1.165) is 0 Å². The molecule has 0 saturated carbocycles. The monoisotopic (exact) mass is 256 g/mol. The normalized spacial score (nSPS) is 11.9. The Kier molecular flexibility index (Phi) is 5.09. The van der Waals surface area contributed by atoms with Crippen molar-refractivity contribution in [2.45, 2.75) is 39.3 Å². The van der Waals surface area contributed by atoms with E-state index < -0.39 is 18.0 Å². The first kappa shape index (κ1) is 13.9. The number of hydrogen-bond donors (Lipinski definition) is 3. The zero-order valence-corrected chi connectivity index (χ0v) is 10.3. The molecule has 0 bridgehead atoms. The molecule has 8 nitrogen and oxygen atoms in total. The summed E-state index contributed by atoms with van der Waals surface area (Å²) in [6, 6.07) is -1.47. The number of carboxylic acid groups (broad SMARTS) is 1. The van der Waals surface area contributed by atoms with Crippen LogP contribution in [-0.4, -0.2) is 33.3 Å². The minimum absolute atomic E-state index is 0.0607. The summed E-state index contributed by atoms with van der Waals surface area (Å²) in [6.07, 6.45) is 1.04. The SMILES string of the molecule is CCC[C@H](NC(=O)NCc1nc(C)no1)C(=O)O. The van der Waals surface area contributed by atoms with E-state index in [9.17, 15) is 9.59 Å². The molecular weight excluding hydrogens is 240 g/mol. The first-order valence-corrected chi connectivity index (χ1v) is 5.59. The molecule has 1 heterocycles. The fourth-order valence-electron chi connectivity index (χ4n) is 1.32. The van der Waals surface area contributed by atoms with Crippen LogP contribution in [0.5, 0.6) is 0 Å². The first-order valence-electron chi connectivity index (χ1n) is 5.59. The van der Waals surface area contributed by atoms with Gasteiger partial charge in [0.15, 0.2) is 5.82 Å². The molecule has 100 valence electrons. The number of amides is 2. The zero-order chi connectivity index (χ0) is 13.5. The molecular formula is C10H16N4O4. The molecule has 0 spiro atoms. The second-order valence-electron chi connectivity index (χ2n) is 3.74. The second kappa shape index (κ2) is 6.58. The number of carboxylic acids is 1. The van der Waals surface area contributed by atoms with E-state index in [4.69, 9.17) is 9.63 Å². The molecule has 0 saturated heterocycles. The van der Waals surface area contributed by atoms with Crippen molar-refractivity contribution < 1.29 is 19.2 Å². The van der Waals surface area contributed by atoms with Crippen molar-refractivity contribution in [1.29, 1.82) is 0 Å². The smallest absolute Gasteiger partial charge is 0.326 e. The van der Waals surface area contributed by atoms with E-state index in [1.165, 1.54) is 0 Å². The Morgan fingerprint density at radius 1 is 1.50 bits per heavy atom. The number of aliphatic carboxylic acids is 1. The molecule has 1 aromatic heterocycles. The van der Waals surface area contributed by atoms with Gasteiger partial charge in [0.05, 0.1) is 6.54 Å². The van der Waals surface area contributed by atoms with Crippen molar-refractivity contribution >= 4 is 12.0 Å². The highest BCUT2D eigenvalue weighted by Crippen LogP contribution is 1.97. The Balaban J connectivity index is 2.38. The fraction of sp³-hybridized carbons (Fsp3) is 0.600. The van der Waals surface area contributed by atoms with Crippen molar-refractivity contribution in [3.63, 3.8) is 0 Å². The van der Waals surface area contributed by atoms with Crippen molar-refractivity contribution in [1.82, 2.24) is 20.8 Å². The molecule has 1 aromatic rings. The number of urea groups is 1.